The van der Waals surface area contributed by atoms with Crippen molar-refractivity contribution >= 4 is 34.5 Å². The number of carbonyl (C=O) groups is 1. The van der Waals surface area contributed by atoms with Crippen LogP contribution in [0.4, 0.5) is 0 Å². The van der Waals surface area contributed by atoms with E-state index in [4.69, 9.17) is 4.74 Å². The van der Waals surface area contributed by atoms with Crippen LogP contribution in [-0.2, 0) is 4.74 Å². The molecular weight excluding hydrogens is 326 g/mol. The summed E-state index contributed by atoms with van der Waals surface area (Å²) < 4.78 is 6.36. The number of halogens is 1. The number of ether oxygens (including phenoxy) is 1. The van der Waals surface area contributed by atoms with Crippen molar-refractivity contribution in [3.8, 4) is 0 Å². The molecule has 5 heteroatoms. The molecule has 1 aromatic rings. The van der Waals surface area contributed by atoms with Crippen LogP contribution in [0.25, 0.3) is 0 Å². The molecule has 3 nitrogen and oxygen atoms in total. The molecule has 0 aliphatic carbocycles. The average molecular weight is 346 g/mol. The molecule has 1 aromatic carbocycles. The molecule has 0 heterocycles. The molecule has 0 aliphatic rings. The highest BCUT2D eigenvalue weighted by Crippen LogP contribution is 2.19. The van der Waals surface area contributed by atoms with E-state index in [0.717, 1.165) is 17.5 Å². The third-order valence-electron chi connectivity index (χ3n) is 2.41. The van der Waals surface area contributed by atoms with Gasteiger partial charge in [-0.2, -0.15) is 0 Å². The van der Waals surface area contributed by atoms with E-state index in [1.54, 1.807) is 6.07 Å². The summed E-state index contributed by atoms with van der Waals surface area (Å²) in [4.78, 5) is 12.6. The van der Waals surface area contributed by atoms with Crippen molar-refractivity contribution in [2.24, 2.45) is 5.92 Å². The number of amides is 1. The Balaban J connectivity index is 2.28. The van der Waals surface area contributed by atoms with Gasteiger partial charge in [0.1, 0.15) is 0 Å². The monoisotopic (exact) mass is 345 g/mol. The van der Waals surface area contributed by atoms with Crippen LogP contribution in [0.3, 0.4) is 0 Å². The van der Waals surface area contributed by atoms with Gasteiger partial charge in [0.05, 0.1) is 5.56 Å². The smallest absolute Gasteiger partial charge is 0.252 e. The fourth-order valence-electron chi connectivity index (χ4n) is 1.49. The Morgan fingerprint density at radius 3 is 2.84 bits per heavy atom. The summed E-state index contributed by atoms with van der Waals surface area (Å²) >= 11 is 7.63. The molecule has 0 bridgehead atoms. The lowest BCUT2D eigenvalue weighted by Gasteiger charge is -2.09. The maximum absolute atomic E-state index is 11.9. The van der Waals surface area contributed by atoms with E-state index in [-0.39, 0.29) is 5.91 Å². The predicted molar refractivity (Wildman–Crippen MR) is 84.0 cm³/mol. The zero-order valence-electron chi connectivity index (χ0n) is 11.3. The molecule has 0 radical (unpaired) electrons. The van der Waals surface area contributed by atoms with Crippen molar-refractivity contribution in [1.82, 2.24) is 5.32 Å². The third-order valence-corrected chi connectivity index (χ3v) is 3.27. The van der Waals surface area contributed by atoms with Crippen LogP contribution in [0, 0.1) is 5.92 Å². The van der Waals surface area contributed by atoms with Gasteiger partial charge in [-0.3, -0.25) is 4.79 Å². The Bertz CT molecular complexity index is 424. The lowest BCUT2D eigenvalue weighted by Crippen LogP contribution is -2.25. The van der Waals surface area contributed by atoms with Crippen LogP contribution >= 0.6 is 28.6 Å². The zero-order valence-corrected chi connectivity index (χ0v) is 13.8. The van der Waals surface area contributed by atoms with Gasteiger partial charge in [0.15, 0.2) is 0 Å². The van der Waals surface area contributed by atoms with E-state index in [9.17, 15) is 4.79 Å². The van der Waals surface area contributed by atoms with Crippen LogP contribution in [0.15, 0.2) is 27.6 Å². The lowest BCUT2D eigenvalue weighted by atomic mass is 10.2. The van der Waals surface area contributed by atoms with Gasteiger partial charge >= 0.3 is 0 Å². The molecule has 0 atom stereocenters. The molecule has 1 amide bonds. The van der Waals surface area contributed by atoms with E-state index >= 15 is 0 Å². The van der Waals surface area contributed by atoms with Crippen molar-refractivity contribution in [3.63, 3.8) is 0 Å². The summed E-state index contributed by atoms with van der Waals surface area (Å²) in [6, 6.07) is 5.40. The van der Waals surface area contributed by atoms with Gasteiger partial charge in [0.2, 0.25) is 0 Å². The van der Waals surface area contributed by atoms with Crippen LogP contribution in [-0.4, -0.2) is 25.7 Å². The van der Waals surface area contributed by atoms with Crippen molar-refractivity contribution in [1.29, 1.82) is 0 Å². The minimum Gasteiger partial charge on any atom is -0.381 e. The van der Waals surface area contributed by atoms with E-state index < -0.39 is 0 Å². The number of nitrogens with one attached hydrogen (secondary N) is 1. The van der Waals surface area contributed by atoms with E-state index in [0.29, 0.717) is 29.5 Å². The molecule has 106 valence electrons. The number of rotatable bonds is 7. The molecule has 0 aliphatic heterocycles. The maximum atomic E-state index is 11.9. The van der Waals surface area contributed by atoms with Crippen LogP contribution in [0.1, 0.15) is 30.6 Å². The van der Waals surface area contributed by atoms with Crippen molar-refractivity contribution in [3.05, 3.63) is 28.2 Å². The first-order chi connectivity index (χ1) is 9.00. The van der Waals surface area contributed by atoms with Crippen LogP contribution < -0.4 is 5.32 Å². The van der Waals surface area contributed by atoms with Crippen molar-refractivity contribution in [2.45, 2.75) is 25.2 Å². The van der Waals surface area contributed by atoms with Gasteiger partial charge in [-0.05, 0) is 30.5 Å². The highest BCUT2D eigenvalue weighted by atomic mass is 79.9. The Labute approximate surface area is 128 Å². The first-order valence-electron chi connectivity index (χ1n) is 6.35. The minimum absolute atomic E-state index is 0.0960. The molecule has 1 rings (SSSR count). The van der Waals surface area contributed by atoms with E-state index in [1.807, 2.05) is 12.1 Å². The summed E-state index contributed by atoms with van der Waals surface area (Å²) in [5, 5.41) is 2.86. The van der Waals surface area contributed by atoms with Gasteiger partial charge < -0.3 is 10.1 Å². The number of hydrogen-bond acceptors (Lipinski definition) is 3. The first kappa shape index (κ1) is 16.5. The summed E-state index contributed by atoms with van der Waals surface area (Å²) in [6.45, 7) is 6.28. The maximum Gasteiger partial charge on any atom is 0.252 e. The second kappa shape index (κ2) is 8.61. The molecule has 0 unspecified atom stereocenters. The average Bonchev–Trinajstić information content (AvgIpc) is 2.32. The second-order valence-electron chi connectivity index (χ2n) is 4.74. The standard InChI is InChI=1S/C14H20BrNO2S/c1-10(2)9-18-7-3-6-16-14(17)12-5-4-11(15)8-13(12)19/h4-5,8,10,19H,3,6-7,9H2,1-2H3,(H,16,17). The highest BCUT2D eigenvalue weighted by Gasteiger charge is 2.08. The summed E-state index contributed by atoms with van der Waals surface area (Å²) in [5.41, 5.74) is 0.592. The summed E-state index contributed by atoms with van der Waals surface area (Å²) in [7, 11) is 0. The molecule has 0 spiro atoms. The molecule has 19 heavy (non-hydrogen) atoms. The Morgan fingerprint density at radius 2 is 2.21 bits per heavy atom. The van der Waals surface area contributed by atoms with Gasteiger partial charge in [-0.15, -0.1) is 12.6 Å². The zero-order chi connectivity index (χ0) is 14.3. The molecule has 1 N–H and O–H groups in total. The van der Waals surface area contributed by atoms with Gasteiger partial charge in [0.25, 0.3) is 5.91 Å². The number of hydrogen-bond donors (Lipinski definition) is 2. The predicted octanol–water partition coefficient (Wildman–Crippen LogP) is 3.53. The van der Waals surface area contributed by atoms with Gasteiger partial charge in [0, 0.05) is 29.1 Å². The first-order valence-corrected chi connectivity index (χ1v) is 7.59. The third kappa shape index (κ3) is 6.45. The number of thiol groups is 1. The van der Waals surface area contributed by atoms with Crippen molar-refractivity contribution in [2.75, 3.05) is 19.8 Å². The van der Waals surface area contributed by atoms with Gasteiger partial charge in [-0.25, -0.2) is 0 Å². The molecule has 0 fully saturated rings. The van der Waals surface area contributed by atoms with E-state index in [1.165, 1.54) is 0 Å². The Hall–Kier alpha value is -0.520. The minimum atomic E-state index is -0.0960. The Morgan fingerprint density at radius 1 is 1.47 bits per heavy atom. The van der Waals surface area contributed by atoms with E-state index in [2.05, 4.69) is 47.7 Å². The molecule has 0 saturated heterocycles. The highest BCUT2D eigenvalue weighted by molar-refractivity contribution is 9.10. The SMILES string of the molecule is CC(C)COCCCNC(=O)c1ccc(Br)cc1S. The topological polar surface area (TPSA) is 38.3 Å². The quantitative estimate of drug-likeness (QED) is 0.586. The lowest BCUT2D eigenvalue weighted by molar-refractivity contribution is 0.0922. The molecular formula is C14H20BrNO2S. The fourth-order valence-corrected chi connectivity index (χ4v) is 2.34. The Kier molecular flexibility index (Phi) is 7.49. The van der Waals surface area contributed by atoms with Crippen LogP contribution in [0.2, 0.25) is 0 Å². The van der Waals surface area contributed by atoms with Crippen LogP contribution in [0.5, 0.6) is 0 Å². The summed E-state index contributed by atoms with van der Waals surface area (Å²) in [5.74, 6) is 0.449. The normalized spacial score (nSPS) is 10.8. The largest absolute Gasteiger partial charge is 0.381 e. The van der Waals surface area contributed by atoms with Crippen molar-refractivity contribution < 1.29 is 9.53 Å². The molecule has 0 aromatic heterocycles. The second-order valence-corrected chi connectivity index (χ2v) is 6.14. The number of benzene rings is 1. The molecule has 0 saturated carbocycles. The van der Waals surface area contributed by atoms with Gasteiger partial charge in [-0.1, -0.05) is 29.8 Å². The number of carbonyl (C=O) groups excluding carboxylic acids is 1. The fraction of sp³-hybridized carbons (Fsp3) is 0.500. The summed E-state index contributed by atoms with van der Waals surface area (Å²) in [6.07, 6.45) is 0.816.